The van der Waals surface area contributed by atoms with Gasteiger partial charge in [-0.15, -0.1) is 11.6 Å². The zero-order chi connectivity index (χ0) is 12.1. The first-order valence-corrected chi connectivity index (χ1v) is 7.28. The predicted molar refractivity (Wildman–Crippen MR) is 68.2 cm³/mol. The molecular formula is C13H22ClNO2. The van der Waals surface area contributed by atoms with E-state index in [1.165, 1.54) is 25.7 Å². The van der Waals surface area contributed by atoms with Crippen LogP contribution in [0.25, 0.3) is 0 Å². The molecule has 0 radical (unpaired) electrons. The van der Waals surface area contributed by atoms with Gasteiger partial charge in [0.15, 0.2) is 0 Å². The third-order valence-electron chi connectivity index (χ3n) is 3.90. The van der Waals surface area contributed by atoms with Gasteiger partial charge in [-0.05, 0) is 12.3 Å². The molecule has 17 heavy (non-hydrogen) atoms. The molecule has 0 N–H and O–H groups in total. The summed E-state index contributed by atoms with van der Waals surface area (Å²) in [6.07, 6.45) is 7.15. The first-order valence-electron chi connectivity index (χ1n) is 6.75. The van der Waals surface area contributed by atoms with Gasteiger partial charge in [0.05, 0.1) is 18.6 Å². The van der Waals surface area contributed by atoms with Gasteiger partial charge in [0, 0.05) is 19.5 Å². The number of hydrogen-bond acceptors (Lipinski definition) is 2. The van der Waals surface area contributed by atoms with Gasteiger partial charge in [-0.3, -0.25) is 4.79 Å². The second-order valence-electron chi connectivity index (χ2n) is 5.18. The van der Waals surface area contributed by atoms with Gasteiger partial charge in [-0.2, -0.15) is 0 Å². The monoisotopic (exact) mass is 259 g/mol. The van der Waals surface area contributed by atoms with Gasteiger partial charge in [-0.25, -0.2) is 0 Å². The molecule has 1 atom stereocenters. The van der Waals surface area contributed by atoms with Crippen molar-refractivity contribution in [2.45, 2.75) is 44.6 Å². The van der Waals surface area contributed by atoms with Crippen LogP contribution in [0.2, 0.25) is 0 Å². The Morgan fingerprint density at radius 2 is 2.12 bits per heavy atom. The fourth-order valence-corrected chi connectivity index (χ4v) is 3.01. The van der Waals surface area contributed by atoms with E-state index in [9.17, 15) is 4.79 Å². The van der Waals surface area contributed by atoms with Crippen molar-refractivity contribution in [3.8, 4) is 0 Å². The molecule has 2 fully saturated rings. The SMILES string of the molecule is O=C(CCC1CCCC1)N1CCOC(CCl)C1. The summed E-state index contributed by atoms with van der Waals surface area (Å²) in [5.74, 6) is 1.56. The fraction of sp³-hybridized carbons (Fsp3) is 0.923. The smallest absolute Gasteiger partial charge is 0.222 e. The number of rotatable bonds is 4. The first kappa shape index (κ1) is 13.2. The summed E-state index contributed by atoms with van der Waals surface area (Å²) >= 11 is 5.77. The van der Waals surface area contributed by atoms with Gasteiger partial charge in [0.25, 0.3) is 0 Å². The van der Waals surface area contributed by atoms with Crippen LogP contribution in [0.5, 0.6) is 0 Å². The molecule has 1 unspecified atom stereocenters. The van der Waals surface area contributed by atoms with E-state index >= 15 is 0 Å². The van der Waals surface area contributed by atoms with Crippen molar-refractivity contribution in [1.82, 2.24) is 4.90 Å². The molecule has 4 heteroatoms. The average molecular weight is 260 g/mol. The minimum atomic E-state index is 0.0286. The molecule has 98 valence electrons. The minimum absolute atomic E-state index is 0.0286. The first-order chi connectivity index (χ1) is 8.29. The van der Waals surface area contributed by atoms with Crippen LogP contribution in [0.4, 0.5) is 0 Å². The maximum atomic E-state index is 12.0. The molecular weight excluding hydrogens is 238 g/mol. The molecule has 1 saturated carbocycles. The lowest BCUT2D eigenvalue weighted by Gasteiger charge is -2.32. The van der Waals surface area contributed by atoms with Crippen molar-refractivity contribution >= 4 is 17.5 Å². The molecule has 0 bridgehead atoms. The molecule has 0 aromatic carbocycles. The Hall–Kier alpha value is -0.280. The van der Waals surface area contributed by atoms with E-state index in [4.69, 9.17) is 16.3 Å². The lowest BCUT2D eigenvalue weighted by molar-refractivity contribution is -0.138. The van der Waals surface area contributed by atoms with E-state index in [1.54, 1.807) is 0 Å². The molecule has 0 aromatic rings. The second-order valence-corrected chi connectivity index (χ2v) is 5.48. The van der Waals surface area contributed by atoms with Crippen LogP contribution in [-0.2, 0) is 9.53 Å². The highest BCUT2D eigenvalue weighted by Gasteiger charge is 2.24. The largest absolute Gasteiger partial charge is 0.373 e. The Balaban J connectivity index is 1.71. The van der Waals surface area contributed by atoms with Crippen LogP contribution in [-0.4, -0.2) is 42.5 Å². The van der Waals surface area contributed by atoms with Crippen molar-refractivity contribution in [3.05, 3.63) is 0 Å². The lowest BCUT2D eigenvalue weighted by Crippen LogP contribution is -2.46. The van der Waals surface area contributed by atoms with Gasteiger partial charge in [0.2, 0.25) is 5.91 Å². The number of ether oxygens (including phenoxy) is 1. The summed E-state index contributed by atoms with van der Waals surface area (Å²) in [4.78, 5) is 14.0. The summed E-state index contributed by atoms with van der Waals surface area (Å²) < 4.78 is 5.46. The Kier molecular flexibility index (Phi) is 5.11. The molecule has 2 rings (SSSR count). The predicted octanol–water partition coefficient (Wildman–Crippen LogP) is 2.42. The summed E-state index contributed by atoms with van der Waals surface area (Å²) in [7, 11) is 0. The average Bonchev–Trinajstić information content (AvgIpc) is 2.89. The van der Waals surface area contributed by atoms with Gasteiger partial charge >= 0.3 is 0 Å². The Morgan fingerprint density at radius 1 is 1.35 bits per heavy atom. The Morgan fingerprint density at radius 3 is 2.82 bits per heavy atom. The minimum Gasteiger partial charge on any atom is -0.373 e. The number of carbonyl (C=O) groups excluding carboxylic acids is 1. The maximum Gasteiger partial charge on any atom is 0.222 e. The number of carbonyl (C=O) groups is 1. The highest BCUT2D eigenvalue weighted by atomic mass is 35.5. The summed E-state index contributed by atoms with van der Waals surface area (Å²) in [5, 5.41) is 0. The number of amides is 1. The van der Waals surface area contributed by atoms with E-state index in [-0.39, 0.29) is 12.0 Å². The number of halogens is 1. The second kappa shape index (κ2) is 6.60. The molecule has 1 saturated heterocycles. The maximum absolute atomic E-state index is 12.0. The van der Waals surface area contributed by atoms with E-state index in [2.05, 4.69) is 0 Å². The third kappa shape index (κ3) is 3.85. The zero-order valence-corrected chi connectivity index (χ0v) is 11.1. The number of alkyl halides is 1. The topological polar surface area (TPSA) is 29.5 Å². The zero-order valence-electron chi connectivity index (χ0n) is 10.4. The normalized spacial score (nSPS) is 26.4. The number of nitrogens with zero attached hydrogens (tertiary/aromatic N) is 1. The molecule has 1 heterocycles. The number of morpholine rings is 1. The van der Waals surface area contributed by atoms with Crippen molar-refractivity contribution in [2.75, 3.05) is 25.6 Å². The third-order valence-corrected chi connectivity index (χ3v) is 4.25. The molecule has 0 aromatic heterocycles. The van der Waals surface area contributed by atoms with Crippen molar-refractivity contribution in [3.63, 3.8) is 0 Å². The van der Waals surface area contributed by atoms with E-state index < -0.39 is 0 Å². The van der Waals surface area contributed by atoms with Gasteiger partial charge in [-0.1, -0.05) is 25.7 Å². The summed E-state index contributed by atoms with van der Waals surface area (Å²) in [6, 6.07) is 0. The van der Waals surface area contributed by atoms with E-state index in [0.717, 1.165) is 18.9 Å². The molecule has 2 aliphatic rings. The van der Waals surface area contributed by atoms with E-state index in [0.29, 0.717) is 25.5 Å². The summed E-state index contributed by atoms with van der Waals surface area (Å²) in [5.41, 5.74) is 0. The molecule has 1 aliphatic heterocycles. The van der Waals surface area contributed by atoms with Crippen molar-refractivity contribution in [2.24, 2.45) is 5.92 Å². The molecule has 0 spiro atoms. The highest BCUT2D eigenvalue weighted by Crippen LogP contribution is 2.28. The highest BCUT2D eigenvalue weighted by molar-refractivity contribution is 6.18. The Bertz CT molecular complexity index is 254. The van der Waals surface area contributed by atoms with Crippen LogP contribution in [0.1, 0.15) is 38.5 Å². The van der Waals surface area contributed by atoms with E-state index in [1.807, 2.05) is 4.90 Å². The van der Waals surface area contributed by atoms with Gasteiger partial charge in [0.1, 0.15) is 0 Å². The van der Waals surface area contributed by atoms with Crippen LogP contribution >= 0.6 is 11.6 Å². The lowest BCUT2D eigenvalue weighted by atomic mass is 10.0. The van der Waals surface area contributed by atoms with Gasteiger partial charge < -0.3 is 9.64 Å². The van der Waals surface area contributed by atoms with Crippen LogP contribution in [0.15, 0.2) is 0 Å². The van der Waals surface area contributed by atoms with Crippen LogP contribution < -0.4 is 0 Å². The fourth-order valence-electron chi connectivity index (χ4n) is 2.82. The quantitative estimate of drug-likeness (QED) is 0.726. The van der Waals surface area contributed by atoms with Crippen LogP contribution in [0, 0.1) is 5.92 Å². The van der Waals surface area contributed by atoms with Crippen molar-refractivity contribution in [1.29, 1.82) is 0 Å². The number of hydrogen-bond donors (Lipinski definition) is 0. The van der Waals surface area contributed by atoms with Crippen molar-refractivity contribution < 1.29 is 9.53 Å². The molecule has 3 nitrogen and oxygen atoms in total. The standard InChI is InChI=1S/C13H22ClNO2/c14-9-12-10-15(7-8-17-12)13(16)6-5-11-3-1-2-4-11/h11-12H,1-10H2. The summed E-state index contributed by atoms with van der Waals surface area (Å²) in [6.45, 7) is 2.04. The van der Waals surface area contributed by atoms with Crippen LogP contribution in [0.3, 0.4) is 0 Å². The molecule has 1 aliphatic carbocycles. The Labute approximate surface area is 108 Å². The molecule has 1 amide bonds.